The minimum absolute atomic E-state index is 0.179. The number of anilines is 1. The standard InChI is InChI=1S/C15H15NO2/c1-10-3-6-13(7-4-10)16-15(18)12-5-8-14(17)11(2)9-12/h3-9,17H,1-2H3,(H,16,18). The van der Waals surface area contributed by atoms with Crippen LogP contribution in [0.4, 0.5) is 5.69 Å². The van der Waals surface area contributed by atoms with Crippen LogP contribution in [0.3, 0.4) is 0 Å². The molecule has 0 aliphatic carbocycles. The van der Waals surface area contributed by atoms with Crippen LogP contribution in [0.5, 0.6) is 5.75 Å². The van der Waals surface area contributed by atoms with Gasteiger partial charge in [-0.05, 0) is 49.7 Å². The molecule has 2 rings (SSSR count). The van der Waals surface area contributed by atoms with Crippen molar-refractivity contribution in [2.24, 2.45) is 0 Å². The highest BCUT2D eigenvalue weighted by atomic mass is 16.3. The molecule has 0 bridgehead atoms. The van der Waals surface area contributed by atoms with Gasteiger partial charge in [-0.1, -0.05) is 17.7 Å². The zero-order valence-corrected chi connectivity index (χ0v) is 10.4. The van der Waals surface area contributed by atoms with Crippen molar-refractivity contribution >= 4 is 11.6 Å². The number of phenolic OH excluding ortho intramolecular Hbond substituents is 1. The number of hydrogen-bond acceptors (Lipinski definition) is 2. The molecule has 0 heterocycles. The molecule has 0 saturated heterocycles. The van der Waals surface area contributed by atoms with Gasteiger partial charge in [0.15, 0.2) is 0 Å². The maximum absolute atomic E-state index is 12.0. The van der Waals surface area contributed by atoms with Crippen molar-refractivity contribution in [1.29, 1.82) is 0 Å². The van der Waals surface area contributed by atoms with Gasteiger partial charge >= 0.3 is 0 Å². The first-order chi connectivity index (χ1) is 8.56. The summed E-state index contributed by atoms with van der Waals surface area (Å²) in [6.07, 6.45) is 0. The maximum Gasteiger partial charge on any atom is 0.255 e. The van der Waals surface area contributed by atoms with Crippen molar-refractivity contribution in [2.75, 3.05) is 5.32 Å². The van der Waals surface area contributed by atoms with E-state index in [1.54, 1.807) is 19.1 Å². The molecule has 0 atom stereocenters. The lowest BCUT2D eigenvalue weighted by atomic mass is 10.1. The van der Waals surface area contributed by atoms with E-state index in [0.717, 1.165) is 11.3 Å². The van der Waals surface area contributed by atoms with Crippen molar-refractivity contribution in [2.45, 2.75) is 13.8 Å². The molecule has 3 nitrogen and oxygen atoms in total. The molecule has 0 aromatic heterocycles. The second kappa shape index (κ2) is 4.92. The van der Waals surface area contributed by atoms with E-state index < -0.39 is 0 Å². The van der Waals surface area contributed by atoms with Crippen LogP contribution in [0.2, 0.25) is 0 Å². The Balaban J connectivity index is 2.16. The number of aromatic hydroxyl groups is 1. The molecule has 0 aliphatic rings. The van der Waals surface area contributed by atoms with Crippen molar-refractivity contribution in [1.82, 2.24) is 0 Å². The Morgan fingerprint density at radius 3 is 2.33 bits per heavy atom. The third-order valence-corrected chi connectivity index (χ3v) is 2.77. The Kier molecular flexibility index (Phi) is 3.33. The molecule has 92 valence electrons. The first-order valence-corrected chi connectivity index (χ1v) is 5.74. The van der Waals surface area contributed by atoms with Crippen molar-refractivity contribution in [3.8, 4) is 5.75 Å². The third-order valence-electron chi connectivity index (χ3n) is 2.77. The van der Waals surface area contributed by atoms with Gasteiger partial charge in [0, 0.05) is 11.3 Å². The normalized spacial score (nSPS) is 10.1. The van der Waals surface area contributed by atoms with Crippen LogP contribution in [-0.2, 0) is 0 Å². The number of nitrogens with one attached hydrogen (secondary N) is 1. The summed E-state index contributed by atoms with van der Waals surface area (Å²) in [5.74, 6) is 0.0174. The second-order valence-corrected chi connectivity index (χ2v) is 4.32. The van der Waals surface area contributed by atoms with Crippen LogP contribution in [-0.4, -0.2) is 11.0 Å². The van der Waals surface area contributed by atoms with Crippen molar-refractivity contribution < 1.29 is 9.90 Å². The minimum atomic E-state index is -0.179. The summed E-state index contributed by atoms with van der Waals surface area (Å²) in [6.45, 7) is 3.76. The largest absolute Gasteiger partial charge is 0.508 e. The fraction of sp³-hybridized carbons (Fsp3) is 0.133. The highest BCUT2D eigenvalue weighted by Gasteiger charge is 2.07. The fourth-order valence-corrected chi connectivity index (χ4v) is 1.64. The summed E-state index contributed by atoms with van der Waals surface area (Å²) < 4.78 is 0. The van der Waals surface area contributed by atoms with E-state index in [2.05, 4.69) is 5.32 Å². The van der Waals surface area contributed by atoms with Gasteiger partial charge in [-0.15, -0.1) is 0 Å². The van der Waals surface area contributed by atoms with Gasteiger partial charge in [0.05, 0.1) is 0 Å². The Hall–Kier alpha value is -2.29. The number of benzene rings is 2. The number of carbonyl (C=O) groups is 1. The summed E-state index contributed by atoms with van der Waals surface area (Å²) in [5.41, 5.74) is 3.13. The monoisotopic (exact) mass is 241 g/mol. The third kappa shape index (κ3) is 2.69. The quantitative estimate of drug-likeness (QED) is 0.847. The lowest BCUT2D eigenvalue weighted by Gasteiger charge is -2.07. The summed E-state index contributed by atoms with van der Waals surface area (Å²) in [4.78, 5) is 12.0. The average Bonchev–Trinajstić information content (AvgIpc) is 2.35. The number of carbonyl (C=O) groups excluding carboxylic acids is 1. The number of amides is 1. The van der Waals surface area contributed by atoms with Gasteiger partial charge < -0.3 is 10.4 Å². The number of hydrogen-bond donors (Lipinski definition) is 2. The summed E-state index contributed by atoms with van der Waals surface area (Å²) >= 11 is 0. The molecule has 0 radical (unpaired) electrons. The summed E-state index contributed by atoms with van der Waals surface area (Å²) in [7, 11) is 0. The molecule has 0 aliphatic heterocycles. The Bertz CT molecular complexity index is 574. The van der Waals surface area contributed by atoms with Crippen LogP contribution < -0.4 is 5.32 Å². The smallest absolute Gasteiger partial charge is 0.255 e. The molecule has 0 unspecified atom stereocenters. The Labute approximate surface area is 106 Å². The van der Waals surface area contributed by atoms with Crippen molar-refractivity contribution in [3.63, 3.8) is 0 Å². The predicted molar refractivity (Wildman–Crippen MR) is 72.0 cm³/mol. The first-order valence-electron chi connectivity index (χ1n) is 5.74. The lowest BCUT2D eigenvalue weighted by molar-refractivity contribution is 0.102. The molecule has 0 saturated carbocycles. The molecule has 18 heavy (non-hydrogen) atoms. The minimum Gasteiger partial charge on any atom is -0.508 e. The van der Waals surface area contributed by atoms with Crippen LogP contribution in [0.25, 0.3) is 0 Å². The van der Waals surface area contributed by atoms with E-state index in [-0.39, 0.29) is 11.7 Å². The number of aryl methyl sites for hydroxylation is 2. The number of rotatable bonds is 2. The van der Waals surface area contributed by atoms with Gasteiger partial charge in [0.25, 0.3) is 5.91 Å². The molecular weight excluding hydrogens is 226 g/mol. The highest BCUT2D eigenvalue weighted by molar-refractivity contribution is 6.04. The molecule has 0 spiro atoms. The van der Waals surface area contributed by atoms with Gasteiger partial charge in [-0.3, -0.25) is 4.79 Å². The zero-order valence-electron chi connectivity index (χ0n) is 10.4. The van der Waals surface area contributed by atoms with Gasteiger partial charge in [0.2, 0.25) is 0 Å². The maximum atomic E-state index is 12.0. The van der Waals surface area contributed by atoms with Gasteiger partial charge in [0.1, 0.15) is 5.75 Å². The van der Waals surface area contributed by atoms with Crippen molar-refractivity contribution in [3.05, 3.63) is 59.2 Å². The Morgan fingerprint density at radius 2 is 1.72 bits per heavy atom. The van der Waals surface area contributed by atoms with E-state index in [1.807, 2.05) is 31.2 Å². The van der Waals surface area contributed by atoms with Crippen LogP contribution in [0, 0.1) is 13.8 Å². The molecule has 2 N–H and O–H groups in total. The van der Waals surface area contributed by atoms with E-state index in [9.17, 15) is 9.90 Å². The van der Waals surface area contributed by atoms with E-state index >= 15 is 0 Å². The van der Waals surface area contributed by atoms with Crippen LogP contribution in [0.1, 0.15) is 21.5 Å². The van der Waals surface area contributed by atoms with Gasteiger partial charge in [-0.2, -0.15) is 0 Å². The van der Waals surface area contributed by atoms with Crippen LogP contribution in [0.15, 0.2) is 42.5 Å². The molecule has 2 aromatic carbocycles. The van der Waals surface area contributed by atoms with Gasteiger partial charge in [-0.25, -0.2) is 0 Å². The predicted octanol–water partition coefficient (Wildman–Crippen LogP) is 3.26. The SMILES string of the molecule is Cc1ccc(NC(=O)c2ccc(O)c(C)c2)cc1. The molecular formula is C15H15NO2. The lowest BCUT2D eigenvalue weighted by Crippen LogP contribution is -2.11. The number of phenols is 1. The van der Waals surface area contributed by atoms with E-state index in [4.69, 9.17) is 0 Å². The fourth-order valence-electron chi connectivity index (χ4n) is 1.64. The molecule has 3 heteroatoms. The summed E-state index contributed by atoms with van der Waals surface area (Å²) in [6, 6.07) is 12.4. The molecule has 0 fully saturated rings. The topological polar surface area (TPSA) is 49.3 Å². The first kappa shape index (κ1) is 12.2. The summed E-state index contributed by atoms with van der Waals surface area (Å²) in [5, 5.41) is 12.2. The average molecular weight is 241 g/mol. The molecule has 2 aromatic rings. The zero-order chi connectivity index (χ0) is 13.1. The van der Waals surface area contributed by atoms with E-state index in [1.165, 1.54) is 6.07 Å². The highest BCUT2D eigenvalue weighted by Crippen LogP contribution is 2.18. The van der Waals surface area contributed by atoms with Crippen LogP contribution >= 0.6 is 0 Å². The molecule has 1 amide bonds. The second-order valence-electron chi connectivity index (χ2n) is 4.32. The Morgan fingerprint density at radius 1 is 1.06 bits per heavy atom. The van der Waals surface area contributed by atoms with E-state index in [0.29, 0.717) is 11.1 Å².